The molecule has 39 heavy (non-hydrogen) atoms. The number of aryl methyl sites for hydroxylation is 1. The van der Waals surface area contributed by atoms with E-state index in [0.29, 0.717) is 39.4 Å². The zero-order valence-electron chi connectivity index (χ0n) is 22.0. The van der Waals surface area contributed by atoms with Crippen LogP contribution in [0.25, 0.3) is 10.6 Å². The largest absolute Gasteiger partial charge is 0.503 e. The summed E-state index contributed by atoms with van der Waals surface area (Å²) in [5.41, 5.74) is 3.00. The fourth-order valence-electron chi connectivity index (χ4n) is 4.55. The van der Waals surface area contributed by atoms with Crippen molar-refractivity contribution in [1.82, 2.24) is 14.9 Å². The lowest BCUT2D eigenvalue weighted by Crippen LogP contribution is -2.30. The van der Waals surface area contributed by atoms with Gasteiger partial charge in [-0.05, 0) is 48.2 Å². The first-order valence-corrected chi connectivity index (χ1v) is 13.6. The molecule has 5 rings (SSSR count). The molecule has 1 atom stereocenters. The molecule has 0 saturated heterocycles. The molecule has 2 aromatic heterocycles. The van der Waals surface area contributed by atoms with Gasteiger partial charge in [-0.15, -0.1) is 11.3 Å². The molecule has 2 aromatic carbocycles. The van der Waals surface area contributed by atoms with Crippen molar-refractivity contribution in [2.45, 2.75) is 33.4 Å². The van der Waals surface area contributed by atoms with Gasteiger partial charge >= 0.3 is 0 Å². The highest BCUT2D eigenvalue weighted by atomic mass is 32.1. The van der Waals surface area contributed by atoms with Gasteiger partial charge < -0.3 is 14.7 Å². The lowest BCUT2D eigenvalue weighted by molar-refractivity contribution is -0.130. The average molecular weight is 540 g/mol. The fourth-order valence-corrected chi connectivity index (χ4v) is 5.58. The molecule has 8 heteroatoms. The van der Waals surface area contributed by atoms with Crippen molar-refractivity contribution in [3.63, 3.8) is 0 Å². The highest BCUT2D eigenvalue weighted by Crippen LogP contribution is 2.42. The van der Waals surface area contributed by atoms with Crippen LogP contribution in [0.1, 0.15) is 46.4 Å². The second kappa shape index (κ2) is 11.2. The number of nitrogens with zero attached hydrogens (tertiary/aromatic N) is 3. The Morgan fingerprint density at radius 1 is 1.08 bits per heavy atom. The van der Waals surface area contributed by atoms with Gasteiger partial charge in [0.15, 0.2) is 5.76 Å². The van der Waals surface area contributed by atoms with Crippen molar-refractivity contribution in [3.05, 3.63) is 112 Å². The summed E-state index contributed by atoms with van der Waals surface area (Å²) in [7, 11) is 0. The first kappa shape index (κ1) is 26.3. The Kier molecular flexibility index (Phi) is 7.56. The number of thiazole rings is 1. The topological polar surface area (TPSA) is 92.6 Å². The molecule has 7 nitrogen and oxygen atoms in total. The molecule has 0 radical (unpaired) electrons. The van der Waals surface area contributed by atoms with Crippen LogP contribution in [0, 0.1) is 12.8 Å². The maximum Gasteiger partial charge on any atom is 0.290 e. The van der Waals surface area contributed by atoms with E-state index in [-0.39, 0.29) is 12.1 Å². The Labute approximate surface area is 231 Å². The lowest BCUT2D eigenvalue weighted by atomic mass is 9.94. The Hall–Kier alpha value is -4.30. The molecule has 0 aliphatic carbocycles. The van der Waals surface area contributed by atoms with E-state index in [1.165, 1.54) is 16.2 Å². The predicted molar refractivity (Wildman–Crippen MR) is 151 cm³/mol. The van der Waals surface area contributed by atoms with E-state index in [9.17, 15) is 14.7 Å². The second-order valence-electron chi connectivity index (χ2n) is 9.86. The number of hydrogen-bond acceptors (Lipinski definition) is 7. The van der Waals surface area contributed by atoms with Gasteiger partial charge in [-0.2, -0.15) is 0 Å². The minimum absolute atomic E-state index is 0.0430. The number of pyridine rings is 1. The van der Waals surface area contributed by atoms with Crippen LogP contribution >= 0.6 is 11.3 Å². The van der Waals surface area contributed by atoms with E-state index >= 15 is 0 Å². The van der Waals surface area contributed by atoms with Gasteiger partial charge in [0.25, 0.3) is 5.91 Å². The molecule has 1 unspecified atom stereocenters. The number of ether oxygens (including phenoxy) is 1. The summed E-state index contributed by atoms with van der Waals surface area (Å²) in [5, 5.41) is 11.8. The van der Waals surface area contributed by atoms with Crippen LogP contribution in [0.2, 0.25) is 0 Å². The van der Waals surface area contributed by atoms with Crippen molar-refractivity contribution in [1.29, 1.82) is 0 Å². The van der Waals surface area contributed by atoms with Gasteiger partial charge in [0.05, 0.1) is 28.8 Å². The van der Waals surface area contributed by atoms with Gasteiger partial charge in [-0.3, -0.25) is 14.6 Å². The minimum Gasteiger partial charge on any atom is -0.503 e. The number of carbonyl (C=O) groups excluding carboxylic acids is 2. The van der Waals surface area contributed by atoms with Gasteiger partial charge in [-0.25, -0.2) is 4.98 Å². The Morgan fingerprint density at radius 3 is 2.54 bits per heavy atom. The van der Waals surface area contributed by atoms with Crippen LogP contribution in [-0.4, -0.2) is 38.3 Å². The maximum atomic E-state index is 14.1. The number of rotatable bonds is 9. The summed E-state index contributed by atoms with van der Waals surface area (Å²) in [6, 6.07) is 19.8. The van der Waals surface area contributed by atoms with Crippen LogP contribution in [0.5, 0.6) is 5.75 Å². The SMILES string of the molecule is Cc1nc(-c2ccccc2)sc1C(=O)C1=C(O)C(=O)N(Cc2ccncc2)C1c1cccc(OCC(C)C)c1. The van der Waals surface area contributed by atoms with E-state index in [1.807, 2.05) is 66.7 Å². The molecule has 1 aliphatic heterocycles. The molecule has 0 bridgehead atoms. The Bertz CT molecular complexity index is 1530. The van der Waals surface area contributed by atoms with Crippen molar-refractivity contribution in [3.8, 4) is 16.3 Å². The Balaban J connectivity index is 1.57. The number of benzene rings is 2. The molecule has 0 saturated carbocycles. The molecule has 4 aromatic rings. The normalized spacial score (nSPS) is 15.3. The molecule has 1 amide bonds. The summed E-state index contributed by atoms with van der Waals surface area (Å²) in [6.45, 7) is 6.63. The molecule has 1 aliphatic rings. The smallest absolute Gasteiger partial charge is 0.290 e. The number of aromatic nitrogens is 2. The first-order valence-electron chi connectivity index (χ1n) is 12.8. The van der Waals surface area contributed by atoms with Crippen molar-refractivity contribution < 1.29 is 19.4 Å². The highest BCUT2D eigenvalue weighted by Gasteiger charge is 2.44. The van der Waals surface area contributed by atoms with Crippen molar-refractivity contribution in [2.24, 2.45) is 5.92 Å². The van der Waals surface area contributed by atoms with Crippen LogP contribution in [-0.2, 0) is 11.3 Å². The molecule has 198 valence electrons. The monoisotopic (exact) mass is 539 g/mol. The summed E-state index contributed by atoms with van der Waals surface area (Å²) in [6.07, 6.45) is 3.30. The number of Topliss-reactive ketones (excluding diaryl/α,β-unsaturated/α-hetero) is 1. The summed E-state index contributed by atoms with van der Waals surface area (Å²) < 4.78 is 5.94. The molecule has 0 spiro atoms. The first-order chi connectivity index (χ1) is 18.8. The van der Waals surface area contributed by atoms with Crippen LogP contribution < -0.4 is 4.74 Å². The van der Waals surface area contributed by atoms with E-state index in [1.54, 1.807) is 19.3 Å². The van der Waals surface area contributed by atoms with E-state index < -0.39 is 23.5 Å². The Morgan fingerprint density at radius 2 is 1.82 bits per heavy atom. The van der Waals surface area contributed by atoms with Crippen LogP contribution in [0.15, 0.2) is 90.5 Å². The van der Waals surface area contributed by atoms with Gasteiger partial charge in [0.1, 0.15) is 10.8 Å². The standard InChI is InChI=1S/C31H29N3O4S/c1-19(2)18-38-24-11-7-10-23(16-24)26-25(28(36)31(37)34(26)17-21-12-14-32-15-13-21)27(35)29-20(3)33-30(39-29)22-8-5-4-6-9-22/h4-16,19,26,36H,17-18H2,1-3H3. The van der Waals surface area contributed by atoms with Crippen LogP contribution in [0.3, 0.4) is 0 Å². The maximum absolute atomic E-state index is 14.1. The van der Waals surface area contributed by atoms with E-state index in [0.717, 1.165) is 11.1 Å². The number of aliphatic hydroxyl groups is 1. The van der Waals surface area contributed by atoms with E-state index in [4.69, 9.17) is 4.74 Å². The molecule has 3 heterocycles. The number of carbonyl (C=O) groups is 2. The number of ketones is 1. The fraction of sp³-hybridized carbons (Fsp3) is 0.226. The zero-order valence-corrected chi connectivity index (χ0v) is 22.8. The molecular formula is C31H29N3O4S. The zero-order chi connectivity index (χ0) is 27.5. The van der Waals surface area contributed by atoms with Crippen molar-refractivity contribution >= 4 is 23.0 Å². The molecule has 0 fully saturated rings. The lowest BCUT2D eigenvalue weighted by Gasteiger charge is -2.27. The molecular weight excluding hydrogens is 510 g/mol. The van der Waals surface area contributed by atoms with Crippen molar-refractivity contribution in [2.75, 3.05) is 6.61 Å². The third kappa shape index (κ3) is 5.47. The third-order valence-electron chi connectivity index (χ3n) is 6.43. The number of aliphatic hydroxyl groups excluding tert-OH is 1. The van der Waals surface area contributed by atoms with Gasteiger partial charge in [0.2, 0.25) is 5.78 Å². The van der Waals surface area contributed by atoms with Gasteiger partial charge in [0, 0.05) is 24.5 Å². The summed E-state index contributed by atoms with van der Waals surface area (Å²) >= 11 is 1.26. The minimum atomic E-state index is -0.803. The second-order valence-corrected chi connectivity index (χ2v) is 10.9. The summed E-state index contributed by atoms with van der Waals surface area (Å²) in [4.78, 5) is 38.1. The van der Waals surface area contributed by atoms with Crippen LogP contribution in [0.4, 0.5) is 0 Å². The highest BCUT2D eigenvalue weighted by molar-refractivity contribution is 7.17. The summed E-state index contributed by atoms with van der Waals surface area (Å²) in [5.74, 6) is -0.579. The van der Waals surface area contributed by atoms with Gasteiger partial charge in [-0.1, -0.05) is 56.3 Å². The predicted octanol–water partition coefficient (Wildman–Crippen LogP) is 6.33. The van der Waals surface area contributed by atoms with E-state index in [2.05, 4.69) is 23.8 Å². The number of amides is 1. The third-order valence-corrected chi connectivity index (χ3v) is 7.64. The number of hydrogen-bond donors (Lipinski definition) is 1. The quantitative estimate of drug-likeness (QED) is 0.250. The molecule has 1 N–H and O–H groups in total. The average Bonchev–Trinajstić information content (AvgIpc) is 3.46.